The fraction of sp³-hybridized carbons (Fsp3) is 0.810. The minimum atomic E-state index is 0.766. The summed E-state index contributed by atoms with van der Waals surface area (Å²) in [7, 11) is 0. The van der Waals surface area contributed by atoms with E-state index < -0.39 is 0 Å². The summed E-state index contributed by atoms with van der Waals surface area (Å²) in [6.45, 7) is 2.31. The van der Waals surface area contributed by atoms with Gasteiger partial charge in [-0.25, -0.2) is 0 Å². The van der Waals surface area contributed by atoms with Crippen LogP contribution in [0.4, 0.5) is 0 Å². The number of hydrogen-bond donors (Lipinski definition) is 0. The summed E-state index contributed by atoms with van der Waals surface area (Å²) in [5.41, 5.74) is 0. The molecule has 0 atom stereocenters. The zero-order valence-electron chi connectivity index (χ0n) is 14.0. The van der Waals surface area contributed by atoms with Crippen molar-refractivity contribution in [3.8, 4) is 12.3 Å². The summed E-state index contributed by atoms with van der Waals surface area (Å²) in [6, 6.07) is 0. The summed E-state index contributed by atoms with van der Waals surface area (Å²) < 4.78 is 0. The Morgan fingerprint density at radius 1 is 0.905 bits per heavy atom. The molecule has 0 unspecified atom stereocenters. The average molecular weight is 287 g/mol. The van der Waals surface area contributed by atoms with Crippen LogP contribution in [0.15, 0.2) is 12.2 Å². The van der Waals surface area contributed by atoms with Gasteiger partial charge in [0, 0.05) is 0 Å². The normalized spacial score (nSPS) is 33.9. The molecule has 0 aliphatic heterocycles. The van der Waals surface area contributed by atoms with E-state index in [4.69, 9.17) is 6.42 Å². The van der Waals surface area contributed by atoms with E-state index >= 15 is 0 Å². The van der Waals surface area contributed by atoms with Crippen molar-refractivity contribution in [2.45, 2.75) is 84.0 Å². The molecular weight excluding hydrogens is 252 g/mol. The molecule has 0 amide bonds. The highest BCUT2D eigenvalue weighted by molar-refractivity contribution is 5.10. The zero-order chi connectivity index (χ0) is 14.9. The Balaban J connectivity index is 1.65. The SMILES string of the molecule is C#CC=C[C@H]1CC[C@H]([C@H]2CC[C@H](CCCCC)CC2)CC1. The molecule has 21 heavy (non-hydrogen) atoms. The number of hydrogen-bond acceptors (Lipinski definition) is 0. The summed E-state index contributed by atoms with van der Waals surface area (Å²) in [5, 5.41) is 0. The lowest BCUT2D eigenvalue weighted by Gasteiger charge is -2.37. The molecule has 0 aromatic rings. The monoisotopic (exact) mass is 286 g/mol. The largest absolute Gasteiger partial charge is 0.115 e. The van der Waals surface area contributed by atoms with Gasteiger partial charge in [-0.1, -0.05) is 57.4 Å². The van der Waals surface area contributed by atoms with Crippen molar-refractivity contribution in [2.75, 3.05) is 0 Å². The Morgan fingerprint density at radius 2 is 1.52 bits per heavy atom. The molecule has 0 saturated heterocycles. The van der Waals surface area contributed by atoms with Gasteiger partial charge in [-0.3, -0.25) is 0 Å². The van der Waals surface area contributed by atoms with Gasteiger partial charge in [0.25, 0.3) is 0 Å². The predicted octanol–water partition coefficient (Wildman–Crippen LogP) is 6.37. The van der Waals surface area contributed by atoms with E-state index in [0.717, 1.165) is 23.7 Å². The second-order valence-electron chi connectivity index (χ2n) is 7.48. The van der Waals surface area contributed by atoms with Gasteiger partial charge in [0.2, 0.25) is 0 Å². The van der Waals surface area contributed by atoms with Crippen LogP contribution in [0, 0.1) is 36.0 Å². The summed E-state index contributed by atoms with van der Waals surface area (Å²) in [6.07, 6.45) is 27.0. The Morgan fingerprint density at radius 3 is 2.10 bits per heavy atom. The quantitative estimate of drug-likeness (QED) is 0.393. The van der Waals surface area contributed by atoms with Crippen LogP contribution in [0.5, 0.6) is 0 Å². The van der Waals surface area contributed by atoms with Gasteiger partial charge >= 0.3 is 0 Å². The Hall–Kier alpha value is -0.700. The van der Waals surface area contributed by atoms with Gasteiger partial charge in [0.1, 0.15) is 0 Å². The fourth-order valence-corrected chi connectivity index (χ4v) is 4.63. The maximum atomic E-state index is 5.31. The number of terminal acetylenes is 1. The number of rotatable bonds is 6. The number of allylic oxidation sites excluding steroid dienone is 2. The minimum absolute atomic E-state index is 0.766. The first-order valence-corrected chi connectivity index (χ1v) is 9.46. The van der Waals surface area contributed by atoms with Crippen LogP contribution in [-0.4, -0.2) is 0 Å². The lowest BCUT2D eigenvalue weighted by atomic mass is 9.68. The van der Waals surface area contributed by atoms with Crippen molar-refractivity contribution in [3.63, 3.8) is 0 Å². The molecule has 118 valence electrons. The molecule has 2 aliphatic carbocycles. The van der Waals surface area contributed by atoms with E-state index in [0.29, 0.717) is 0 Å². The van der Waals surface area contributed by atoms with Crippen molar-refractivity contribution >= 4 is 0 Å². The molecule has 0 heterocycles. The first-order valence-electron chi connectivity index (χ1n) is 9.46. The molecule has 0 aromatic carbocycles. The first kappa shape index (κ1) is 16.7. The van der Waals surface area contributed by atoms with Crippen molar-refractivity contribution < 1.29 is 0 Å². The summed E-state index contributed by atoms with van der Waals surface area (Å²) >= 11 is 0. The second kappa shape index (κ2) is 9.34. The van der Waals surface area contributed by atoms with Crippen LogP contribution in [-0.2, 0) is 0 Å². The standard InChI is InChI=1S/C21H34/c1-3-5-7-9-19-12-16-21(17-13-19)20-14-10-18(11-15-20)8-6-4-2/h2,6,8,18-21H,3,5,7,9-17H2,1H3/t18-,19-,20-,21-. The van der Waals surface area contributed by atoms with Crippen LogP contribution in [0.3, 0.4) is 0 Å². The highest BCUT2D eigenvalue weighted by Crippen LogP contribution is 2.42. The van der Waals surface area contributed by atoms with Gasteiger partial charge in [-0.05, 0) is 68.3 Å². The lowest BCUT2D eigenvalue weighted by Crippen LogP contribution is -2.25. The van der Waals surface area contributed by atoms with E-state index in [-0.39, 0.29) is 0 Å². The highest BCUT2D eigenvalue weighted by Gasteiger charge is 2.30. The summed E-state index contributed by atoms with van der Waals surface area (Å²) in [5.74, 6) is 6.53. The molecule has 0 bridgehead atoms. The molecule has 0 heteroatoms. The smallest absolute Gasteiger partial charge is 0.0159 e. The Kier molecular flexibility index (Phi) is 7.42. The molecule has 0 N–H and O–H groups in total. The lowest BCUT2D eigenvalue weighted by molar-refractivity contribution is 0.151. The van der Waals surface area contributed by atoms with Crippen molar-refractivity contribution in [3.05, 3.63) is 12.2 Å². The second-order valence-corrected chi connectivity index (χ2v) is 7.48. The van der Waals surface area contributed by atoms with Gasteiger partial charge < -0.3 is 0 Å². The van der Waals surface area contributed by atoms with E-state index in [2.05, 4.69) is 18.9 Å². The van der Waals surface area contributed by atoms with Crippen molar-refractivity contribution in [1.29, 1.82) is 0 Å². The van der Waals surface area contributed by atoms with Crippen LogP contribution in [0.1, 0.15) is 84.0 Å². The van der Waals surface area contributed by atoms with Gasteiger partial charge in [-0.2, -0.15) is 0 Å². The fourth-order valence-electron chi connectivity index (χ4n) is 4.63. The van der Waals surface area contributed by atoms with Gasteiger partial charge in [0.15, 0.2) is 0 Å². The molecule has 2 rings (SSSR count). The van der Waals surface area contributed by atoms with Crippen molar-refractivity contribution in [2.24, 2.45) is 23.7 Å². The summed E-state index contributed by atoms with van der Waals surface area (Å²) in [4.78, 5) is 0. The maximum absolute atomic E-state index is 5.31. The molecular formula is C21H34. The van der Waals surface area contributed by atoms with Crippen LogP contribution < -0.4 is 0 Å². The highest BCUT2D eigenvalue weighted by atomic mass is 14.4. The number of unbranched alkanes of at least 4 members (excludes halogenated alkanes) is 2. The molecule has 0 aromatic heterocycles. The molecule has 2 fully saturated rings. The topological polar surface area (TPSA) is 0 Å². The van der Waals surface area contributed by atoms with Gasteiger partial charge in [-0.15, -0.1) is 6.42 Å². The average Bonchev–Trinajstić information content (AvgIpc) is 2.54. The molecule has 0 spiro atoms. The van der Waals surface area contributed by atoms with E-state index in [1.165, 1.54) is 77.0 Å². The van der Waals surface area contributed by atoms with Crippen LogP contribution in [0.25, 0.3) is 0 Å². The van der Waals surface area contributed by atoms with Gasteiger partial charge in [0.05, 0.1) is 0 Å². The minimum Gasteiger partial charge on any atom is -0.115 e. The molecule has 0 radical (unpaired) electrons. The van der Waals surface area contributed by atoms with Crippen molar-refractivity contribution in [1.82, 2.24) is 0 Å². The van der Waals surface area contributed by atoms with Crippen LogP contribution in [0.2, 0.25) is 0 Å². The molecule has 2 aliphatic rings. The van der Waals surface area contributed by atoms with E-state index in [1.807, 2.05) is 6.08 Å². The molecule has 2 saturated carbocycles. The van der Waals surface area contributed by atoms with E-state index in [9.17, 15) is 0 Å². The van der Waals surface area contributed by atoms with Crippen LogP contribution >= 0.6 is 0 Å². The van der Waals surface area contributed by atoms with E-state index in [1.54, 1.807) is 0 Å². The Labute approximate surface area is 132 Å². The Bertz CT molecular complexity index is 330. The maximum Gasteiger partial charge on any atom is -0.0159 e. The molecule has 0 nitrogen and oxygen atoms in total. The third-order valence-corrected chi connectivity index (χ3v) is 6.06. The zero-order valence-corrected chi connectivity index (χ0v) is 14.0. The third-order valence-electron chi connectivity index (χ3n) is 6.06. The third kappa shape index (κ3) is 5.54. The predicted molar refractivity (Wildman–Crippen MR) is 93.0 cm³/mol. The first-order chi connectivity index (χ1) is 10.3.